The van der Waals surface area contributed by atoms with E-state index in [0.717, 1.165) is 22.8 Å². The molecule has 2 rings (SSSR count). The average Bonchev–Trinajstić information content (AvgIpc) is 2.69. The second kappa shape index (κ2) is 4.89. The highest BCUT2D eigenvalue weighted by molar-refractivity contribution is 7.22. The molecule has 4 nitrogen and oxygen atoms in total. The van der Waals surface area contributed by atoms with Crippen LogP contribution in [0.2, 0.25) is 5.02 Å². The van der Waals surface area contributed by atoms with Crippen LogP contribution in [0.15, 0.2) is 12.1 Å². The Kier molecular flexibility index (Phi) is 3.49. The number of carboxylic acids is 1. The van der Waals surface area contributed by atoms with Crippen molar-refractivity contribution in [3.8, 4) is 0 Å². The van der Waals surface area contributed by atoms with E-state index < -0.39 is 5.97 Å². The van der Waals surface area contributed by atoms with Gasteiger partial charge >= 0.3 is 5.97 Å². The minimum Gasteiger partial charge on any atom is -0.478 e. The Morgan fingerprint density at radius 2 is 2.35 bits per heavy atom. The minimum absolute atomic E-state index is 0.188. The van der Waals surface area contributed by atoms with Crippen molar-refractivity contribution in [2.75, 3.05) is 11.9 Å². The quantitative estimate of drug-likeness (QED) is 0.893. The molecule has 6 heteroatoms. The first-order valence-electron chi connectivity index (χ1n) is 5.19. The van der Waals surface area contributed by atoms with Gasteiger partial charge in [0, 0.05) is 6.54 Å². The summed E-state index contributed by atoms with van der Waals surface area (Å²) in [7, 11) is 0. The lowest BCUT2D eigenvalue weighted by Gasteiger charge is -1.96. The smallest absolute Gasteiger partial charge is 0.335 e. The zero-order valence-electron chi connectivity index (χ0n) is 9.16. The molecule has 0 amide bonds. The summed E-state index contributed by atoms with van der Waals surface area (Å²) in [5.74, 6) is -0.981. The Balaban J connectivity index is 2.45. The first kappa shape index (κ1) is 12.1. The lowest BCUT2D eigenvalue weighted by atomic mass is 10.2. The summed E-state index contributed by atoms with van der Waals surface area (Å²) in [5.41, 5.74) is 0.841. The Labute approximate surface area is 107 Å². The predicted molar refractivity (Wildman–Crippen MR) is 70.4 cm³/mol. The third kappa shape index (κ3) is 2.50. The van der Waals surface area contributed by atoms with Gasteiger partial charge in [-0.1, -0.05) is 29.9 Å². The molecule has 0 bridgehead atoms. The molecule has 2 N–H and O–H groups in total. The van der Waals surface area contributed by atoms with E-state index in [4.69, 9.17) is 16.7 Å². The average molecular weight is 271 g/mol. The molecule has 1 aromatic carbocycles. The summed E-state index contributed by atoms with van der Waals surface area (Å²) < 4.78 is 0.786. The maximum Gasteiger partial charge on any atom is 0.335 e. The molecular formula is C11H11ClN2O2S. The van der Waals surface area contributed by atoms with Gasteiger partial charge in [-0.3, -0.25) is 0 Å². The number of nitrogens with one attached hydrogen (secondary N) is 1. The Hall–Kier alpha value is -1.33. The number of aromatic nitrogens is 1. The highest BCUT2D eigenvalue weighted by Gasteiger charge is 2.12. The Morgan fingerprint density at radius 1 is 1.59 bits per heavy atom. The van der Waals surface area contributed by atoms with E-state index >= 15 is 0 Å². The molecule has 0 aliphatic rings. The van der Waals surface area contributed by atoms with Gasteiger partial charge < -0.3 is 10.4 Å². The number of rotatable bonds is 4. The van der Waals surface area contributed by atoms with Crippen molar-refractivity contribution in [1.82, 2.24) is 4.98 Å². The van der Waals surface area contributed by atoms with Crippen molar-refractivity contribution >= 4 is 44.3 Å². The Bertz CT molecular complexity index is 568. The number of hydrogen-bond donors (Lipinski definition) is 2. The number of benzene rings is 1. The monoisotopic (exact) mass is 270 g/mol. The zero-order chi connectivity index (χ0) is 12.4. The van der Waals surface area contributed by atoms with Crippen LogP contribution in [-0.4, -0.2) is 22.6 Å². The van der Waals surface area contributed by atoms with Crippen molar-refractivity contribution in [3.63, 3.8) is 0 Å². The number of carbonyl (C=O) groups is 1. The van der Waals surface area contributed by atoms with Gasteiger partial charge in [0.05, 0.1) is 15.3 Å². The molecule has 0 aliphatic carbocycles. The summed E-state index contributed by atoms with van der Waals surface area (Å²) in [6, 6.07) is 3.02. The molecule has 0 atom stereocenters. The fraction of sp³-hybridized carbons (Fsp3) is 0.273. The van der Waals surface area contributed by atoms with E-state index in [1.165, 1.54) is 17.4 Å². The van der Waals surface area contributed by atoms with Crippen molar-refractivity contribution in [1.29, 1.82) is 0 Å². The van der Waals surface area contributed by atoms with Gasteiger partial charge in [0.25, 0.3) is 0 Å². The van der Waals surface area contributed by atoms with Gasteiger partial charge in [-0.2, -0.15) is 0 Å². The second-order valence-corrected chi connectivity index (χ2v) is 4.99. The number of aromatic carboxylic acids is 1. The zero-order valence-corrected chi connectivity index (χ0v) is 10.7. The van der Waals surface area contributed by atoms with E-state index in [1.807, 2.05) is 0 Å². The van der Waals surface area contributed by atoms with Crippen LogP contribution in [0.5, 0.6) is 0 Å². The predicted octanol–water partition coefficient (Wildman–Crippen LogP) is 3.47. The number of anilines is 1. The SMILES string of the molecule is CCCNc1nc2c(Cl)cc(C(=O)O)cc2s1. The van der Waals surface area contributed by atoms with E-state index in [2.05, 4.69) is 17.2 Å². The molecule has 0 fully saturated rings. The number of halogens is 1. The standard InChI is InChI=1S/C11H11ClN2O2S/c1-2-3-13-11-14-9-7(12)4-6(10(15)16)5-8(9)17-11/h4-5H,2-3H2,1H3,(H,13,14)(H,15,16). The molecule has 1 heterocycles. The van der Waals surface area contributed by atoms with Gasteiger partial charge in [-0.25, -0.2) is 9.78 Å². The molecule has 0 spiro atoms. The van der Waals surface area contributed by atoms with E-state index in [0.29, 0.717) is 10.5 Å². The first-order chi connectivity index (χ1) is 8.11. The molecule has 0 saturated heterocycles. The molecule has 0 unspecified atom stereocenters. The third-order valence-corrected chi connectivity index (χ3v) is 3.47. The molecule has 90 valence electrons. The van der Waals surface area contributed by atoms with Crippen molar-refractivity contribution in [2.45, 2.75) is 13.3 Å². The largest absolute Gasteiger partial charge is 0.478 e. The summed E-state index contributed by atoms with van der Waals surface area (Å²) in [6.07, 6.45) is 1.00. The van der Waals surface area contributed by atoms with Crippen LogP contribution in [0, 0.1) is 0 Å². The van der Waals surface area contributed by atoms with E-state index in [-0.39, 0.29) is 5.56 Å². The number of carboxylic acid groups (broad SMARTS) is 1. The van der Waals surface area contributed by atoms with Gasteiger partial charge in [0.1, 0.15) is 5.52 Å². The first-order valence-corrected chi connectivity index (χ1v) is 6.38. The summed E-state index contributed by atoms with van der Waals surface area (Å²) >= 11 is 7.42. The van der Waals surface area contributed by atoms with Crippen molar-refractivity contribution in [2.24, 2.45) is 0 Å². The number of hydrogen-bond acceptors (Lipinski definition) is 4. The molecule has 17 heavy (non-hydrogen) atoms. The normalized spacial score (nSPS) is 10.7. The summed E-state index contributed by atoms with van der Waals surface area (Å²) in [5, 5.41) is 13.2. The van der Waals surface area contributed by atoms with Gasteiger partial charge in [-0.05, 0) is 18.6 Å². The van der Waals surface area contributed by atoms with Crippen LogP contribution in [0.4, 0.5) is 5.13 Å². The van der Waals surface area contributed by atoms with Crippen LogP contribution in [-0.2, 0) is 0 Å². The molecule has 0 saturated carbocycles. The van der Waals surface area contributed by atoms with Gasteiger partial charge in [-0.15, -0.1) is 0 Å². The van der Waals surface area contributed by atoms with Crippen LogP contribution in [0.3, 0.4) is 0 Å². The second-order valence-electron chi connectivity index (χ2n) is 3.56. The number of fused-ring (bicyclic) bond motifs is 1. The molecule has 2 aromatic rings. The number of thiazole rings is 1. The van der Waals surface area contributed by atoms with Crippen LogP contribution in [0.1, 0.15) is 23.7 Å². The van der Waals surface area contributed by atoms with Gasteiger partial charge in [0.15, 0.2) is 5.13 Å². The molecule has 1 aromatic heterocycles. The number of nitrogens with zero attached hydrogens (tertiary/aromatic N) is 1. The van der Waals surface area contributed by atoms with E-state index in [1.54, 1.807) is 6.07 Å². The fourth-order valence-corrected chi connectivity index (χ4v) is 2.69. The van der Waals surface area contributed by atoms with Crippen LogP contribution in [0.25, 0.3) is 10.2 Å². The van der Waals surface area contributed by atoms with Crippen molar-refractivity contribution in [3.05, 3.63) is 22.7 Å². The highest BCUT2D eigenvalue weighted by Crippen LogP contribution is 2.32. The third-order valence-electron chi connectivity index (χ3n) is 2.22. The molecule has 0 radical (unpaired) electrons. The van der Waals surface area contributed by atoms with Crippen LogP contribution >= 0.6 is 22.9 Å². The fourth-order valence-electron chi connectivity index (χ4n) is 1.42. The van der Waals surface area contributed by atoms with Gasteiger partial charge in [0.2, 0.25) is 0 Å². The summed E-state index contributed by atoms with van der Waals surface area (Å²) in [6.45, 7) is 2.90. The molecule has 0 aliphatic heterocycles. The highest BCUT2D eigenvalue weighted by atomic mass is 35.5. The lowest BCUT2D eigenvalue weighted by molar-refractivity contribution is 0.0697. The van der Waals surface area contributed by atoms with Crippen LogP contribution < -0.4 is 5.32 Å². The minimum atomic E-state index is -0.981. The van der Waals surface area contributed by atoms with Crippen molar-refractivity contribution < 1.29 is 9.90 Å². The maximum absolute atomic E-state index is 10.9. The summed E-state index contributed by atoms with van der Waals surface area (Å²) in [4.78, 5) is 15.2. The Morgan fingerprint density at radius 3 is 3.00 bits per heavy atom. The topological polar surface area (TPSA) is 62.2 Å². The molecular weight excluding hydrogens is 260 g/mol. The van der Waals surface area contributed by atoms with E-state index in [9.17, 15) is 4.79 Å². The maximum atomic E-state index is 10.9. The lowest BCUT2D eigenvalue weighted by Crippen LogP contribution is -1.98.